The molecule has 0 saturated carbocycles. The SMILES string of the molecule is CCCN1CCC(Nc2snc(C)c2C(=O)O)CC1. The van der Waals surface area contributed by atoms with Crippen molar-refractivity contribution in [2.45, 2.75) is 39.2 Å². The van der Waals surface area contributed by atoms with E-state index in [9.17, 15) is 9.90 Å². The largest absolute Gasteiger partial charge is 0.478 e. The van der Waals surface area contributed by atoms with E-state index in [4.69, 9.17) is 0 Å². The van der Waals surface area contributed by atoms with Gasteiger partial charge in [-0.2, -0.15) is 4.37 Å². The lowest BCUT2D eigenvalue weighted by molar-refractivity contribution is 0.0697. The third-order valence-corrected chi connectivity index (χ3v) is 4.41. The van der Waals surface area contributed by atoms with E-state index in [0.717, 1.165) is 32.5 Å². The molecule has 0 radical (unpaired) electrons. The van der Waals surface area contributed by atoms with Gasteiger partial charge in [-0.15, -0.1) is 0 Å². The Morgan fingerprint density at radius 1 is 1.53 bits per heavy atom. The number of aromatic carboxylic acids is 1. The molecule has 5 nitrogen and oxygen atoms in total. The number of aryl methyl sites for hydroxylation is 1. The van der Waals surface area contributed by atoms with Gasteiger partial charge in [-0.25, -0.2) is 4.79 Å². The van der Waals surface area contributed by atoms with Crippen molar-refractivity contribution in [3.05, 3.63) is 11.3 Å². The van der Waals surface area contributed by atoms with Crippen LogP contribution in [0.3, 0.4) is 0 Å². The van der Waals surface area contributed by atoms with Crippen molar-refractivity contribution in [2.24, 2.45) is 0 Å². The Bertz CT molecular complexity index is 439. The van der Waals surface area contributed by atoms with Crippen molar-refractivity contribution in [3.8, 4) is 0 Å². The highest BCUT2D eigenvalue weighted by atomic mass is 32.1. The number of carbonyl (C=O) groups is 1. The molecular weight excluding hydrogens is 262 g/mol. The van der Waals surface area contributed by atoms with E-state index in [0.29, 0.717) is 22.3 Å². The minimum atomic E-state index is -0.892. The van der Waals surface area contributed by atoms with Crippen LogP contribution in [0.4, 0.5) is 5.00 Å². The van der Waals surface area contributed by atoms with Gasteiger partial charge in [0.1, 0.15) is 10.6 Å². The van der Waals surface area contributed by atoms with Crippen LogP contribution in [0.1, 0.15) is 42.2 Å². The number of hydrogen-bond donors (Lipinski definition) is 2. The van der Waals surface area contributed by atoms with Crippen molar-refractivity contribution in [1.82, 2.24) is 9.27 Å². The van der Waals surface area contributed by atoms with Crippen LogP contribution in [-0.4, -0.2) is 46.0 Å². The highest BCUT2D eigenvalue weighted by Gasteiger charge is 2.23. The first-order valence-electron chi connectivity index (χ1n) is 6.80. The first-order chi connectivity index (χ1) is 9.11. The zero-order chi connectivity index (χ0) is 13.8. The number of carboxylic acid groups (broad SMARTS) is 1. The van der Waals surface area contributed by atoms with Gasteiger partial charge in [0, 0.05) is 19.1 Å². The monoisotopic (exact) mass is 283 g/mol. The predicted molar refractivity (Wildman–Crippen MR) is 77.2 cm³/mol. The summed E-state index contributed by atoms with van der Waals surface area (Å²) in [4.78, 5) is 13.7. The average Bonchev–Trinajstić information content (AvgIpc) is 2.73. The Morgan fingerprint density at radius 3 is 2.79 bits per heavy atom. The second-order valence-electron chi connectivity index (χ2n) is 5.04. The summed E-state index contributed by atoms with van der Waals surface area (Å²) in [6.45, 7) is 7.28. The van der Waals surface area contributed by atoms with E-state index < -0.39 is 5.97 Å². The number of hydrogen-bond acceptors (Lipinski definition) is 5. The molecular formula is C13H21N3O2S. The number of carboxylic acids is 1. The van der Waals surface area contributed by atoms with E-state index in [2.05, 4.69) is 21.5 Å². The number of aromatic nitrogens is 1. The average molecular weight is 283 g/mol. The molecule has 2 heterocycles. The zero-order valence-corrected chi connectivity index (χ0v) is 12.3. The first-order valence-corrected chi connectivity index (χ1v) is 7.57. The number of nitrogens with one attached hydrogen (secondary N) is 1. The molecule has 1 fully saturated rings. The smallest absolute Gasteiger partial charge is 0.340 e. The van der Waals surface area contributed by atoms with Crippen LogP contribution in [-0.2, 0) is 0 Å². The molecule has 0 amide bonds. The van der Waals surface area contributed by atoms with Crippen LogP contribution >= 0.6 is 11.5 Å². The molecule has 1 aliphatic heterocycles. The quantitative estimate of drug-likeness (QED) is 0.869. The maximum atomic E-state index is 11.2. The van der Waals surface area contributed by atoms with E-state index in [1.807, 2.05) is 0 Å². The topological polar surface area (TPSA) is 65.5 Å². The van der Waals surface area contributed by atoms with Crippen LogP contribution in [0.5, 0.6) is 0 Å². The normalized spacial score (nSPS) is 17.6. The van der Waals surface area contributed by atoms with Gasteiger partial charge in [-0.05, 0) is 44.3 Å². The summed E-state index contributed by atoms with van der Waals surface area (Å²) in [7, 11) is 0. The number of piperidine rings is 1. The minimum absolute atomic E-state index is 0.334. The molecule has 1 aliphatic rings. The Hall–Kier alpha value is -1.14. The lowest BCUT2D eigenvalue weighted by Crippen LogP contribution is -2.39. The van der Waals surface area contributed by atoms with E-state index >= 15 is 0 Å². The molecule has 0 unspecified atom stereocenters. The summed E-state index contributed by atoms with van der Waals surface area (Å²) in [6, 6.07) is 0.367. The van der Waals surface area contributed by atoms with Crippen molar-refractivity contribution in [2.75, 3.05) is 25.0 Å². The standard InChI is InChI=1S/C13H21N3O2S/c1-3-6-16-7-4-10(5-8-16)14-12-11(13(17)18)9(2)15-19-12/h10,14H,3-8H2,1-2H3,(H,17,18). The summed E-state index contributed by atoms with van der Waals surface area (Å²) < 4.78 is 4.14. The lowest BCUT2D eigenvalue weighted by Gasteiger charge is -2.32. The summed E-state index contributed by atoms with van der Waals surface area (Å²) in [5.74, 6) is -0.892. The summed E-state index contributed by atoms with van der Waals surface area (Å²) in [5, 5.41) is 13.3. The molecule has 1 aromatic rings. The van der Waals surface area contributed by atoms with Gasteiger partial charge >= 0.3 is 5.97 Å². The van der Waals surface area contributed by atoms with Gasteiger partial charge in [-0.3, -0.25) is 0 Å². The van der Waals surface area contributed by atoms with Crippen LogP contribution < -0.4 is 5.32 Å². The van der Waals surface area contributed by atoms with Gasteiger partial charge in [-0.1, -0.05) is 6.92 Å². The van der Waals surface area contributed by atoms with E-state index in [1.165, 1.54) is 18.0 Å². The second-order valence-corrected chi connectivity index (χ2v) is 5.81. The summed E-state index contributed by atoms with van der Waals surface area (Å²) >= 11 is 1.25. The molecule has 2 rings (SSSR count). The van der Waals surface area contributed by atoms with Gasteiger partial charge in [0.15, 0.2) is 0 Å². The van der Waals surface area contributed by atoms with Crippen LogP contribution in [0, 0.1) is 6.92 Å². The van der Waals surface area contributed by atoms with Crippen molar-refractivity contribution in [1.29, 1.82) is 0 Å². The molecule has 6 heteroatoms. The fraction of sp³-hybridized carbons (Fsp3) is 0.692. The Morgan fingerprint density at radius 2 is 2.21 bits per heavy atom. The first kappa shape index (κ1) is 14.3. The van der Waals surface area contributed by atoms with Crippen molar-refractivity contribution in [3.63, 3.8) is 0 Å². The number of nitrogens with zero attached hydrogens (tertiary/aromatic N) is 2. The highest BCUT2D eigenvalue weighted by Crippen LogP contribution is 2.27. The van der Waals surface area contributed by atoms with Crippen LogP contribution in [0.15, 0.2) is 0 Å². The number of anilines is 1. The fourth-order valence-corrected chi connectivity index (χ4v) is 3.39. The molecule has 1 aromatic heterocycles. The molecule has 0 aliphatic carbocycles. The molecule has 106 valence electrons. The van der Waals surface area contributed by atoms with E-state index in [-0.39, 0.29) is 0 Å². The third-order valence-electron chi connectivity index (χ3n) is 3.54. The van der Waals surface area contributed by atoms with Gasteiger partial charge in [0.25, 0.3) is 0 Å². The minimum Gasteiger partial charge on any atom is -0.478 e. The second kappa shape index (κ2) is 6.34. The fourth-order valence-electron chi connectivity index (χ4n) is 2.52. The molecule has 19 heavy (non-hydrogen) atoms. The molecule has 0 bridgehead atoms. The lowest BCUT2D eigenvalue weighted by atomic mass is 10.0. The van der Waals surface area contributed by atoms with E-state index in [1.54, 1.807) is 6.92 Å². The zero-order valence-electron chi connectivity index (χ0n) is 11.5. The number of rotatable bonds is 5. The van der Waals surface area contributed by atoms with Gasteiger partial charge in [0.05, 0.1) is 5.69 Å². The van der Waals surface area contributed by atoms with Crippen LogP contribution in [0.2, 0.25) is 0 Å². The Labute approximate surface area is 117 Å². The van der Waals surface area contributed by atoms with Gasteiger partial charge < -0.3 is 15.3 Å². The molecule has 0 spiro atoms. The summed E-state index contributed by atoms with van der Waals surface area (Å²) in [5.41, 5.74) is 0.935. The highest BCUT2D eigenvalue weighted by molar-refractivity contribution is 7.10. The Kier molecular flexibility index (Phi) is 4.76. The molecule has 0 aromatic carbocycles. The van der Waals surface area contributed by atoms with Gasteiger partial charge in [0.2, 0.25) is 0 Å². The third kappa shape index (κ3) is 3.45. The molecule has 0 atom stereocenters. The predicted octanol–water partition coefficient (Wildman–Crippen LogP) is 2.44. The van der Waals surface area contributed by atoms with Crippen molar-refractivity contribution >= 4 is 22.5 Å². The molecule has 2 N–H and O–H groups in total. The Balaban J connectivity index is 1.94. The van der Waals surface area contributed by atoms with Crippen molar-refractivity contribution < 1.29 is 9.90 Å². The molecule has 1 saturated heterocycles. The summed E-state index contributed by atoms with van der Waals surface area (Å²) in [6.07, 6.45) is 3.32. The number of likely N-dealkylation sites (tertiary alicyclic amines) is 1. The maximum Gasteiger partial charge on any atom is 0.340 e. The maximum absolute atomic E-state index is 11.2. The van der Waals surface area contributed by atoms with Crippen LogP contribution in [0.25, 0.3) is 0 Å².